The Bertz CT molecular complexity index is 903. The molecular formula is C16H20N6OS. The first-order valence-electron chi connectivity index (χ1n) is 8.16. The highest BCUT2D eigenvalue weighted by atomic mass is 32.1. The maximum Gasteiger partial charge on any atom is 0.323 e. The van der Waals surface area contributed by atoms with Crippen molar-refractivity contribution in [2.75, 3.05) is 36.0 Å². The van der Waals surface area contributed by atoms with Crippen LogP contribution in [0.15, 0.2) is 23.0 Å². The van der Waals surface area contributed by atoms with Gasteiger partial charge >= 0.3 is 5.69 Å². The molecule has 2 N–H and O–H groups in total. The largest absolute Gasteiger partial charge is 0.366 e. The standard InChI is InChI=1S/C16H20N6OS/c1-10(2)14-19-16(24-20-14)22-8-6-21(7-9-22)12-5-3-4-11-13(12)18-15(23)17-11/h3-5,10H,6-9H2,1-2H3,(H2,17,18,23). The van der Waals surface area contributed by atoms with Gasteiger partial charge in [0.1, 0.15) is 5.82 Å². The SMILES string of the molecule is CC(C)c1nsc(N2CCN(c3cccc4[nH]c(=O)[nH]c34)CC2)n1. The lowest BCUT2D eigenvalue weighted by atomic mass is 10.2. The Kier molecular flexibility index (Phi) is 3.76. The van der Waals surface area contributed by atoms with E-state index in [2.05, 4.69) is 49.0 Å². The van der Waals surface area contributed by atoms with E-state index in [4.69, 9.17) is 0 Å². The highest BCUT2D eigenvalue weighted by molar-refractivity contribution is 7.09. The van der Waals surface area contributed by atoms with Crippen LogP contribution in [0.1, 0.15) is 25.6 Å². The van der Waals surface area contributed by atoms with Crippen molar-refractivity contribution in [3.63, 3.8) is 0 Å². The molecule has 4 rings (SSSR count). The molecule has 8 heteroatoms. The molecule has 0 spiro atoms. The molecule has 1 aliphatic rings. The van der Waals surface area contributed by atoms with Crippen molar-refractivity contribution < 1.29 is 0 Å². The summed E-state index contributed by atoms with van der Waals surface area (Å²) in [7, 11) is 0. The molecule has 1 aliphatic heterocycles. The quantitative estimate of drug-likeness (QED) is 0.761. The first kappa shape index (κ1) is 15.2. The van der Waals surface area contributed by atoms with Crippen LogP contribution in [0.5, 0.6) is 0 Å². The van der Waals surface area contributed by atoms with Gasteiger partial charge in [-0.25, -0.2) is 9.78 Å². The third-order valence-corrected chi connectivity index (χ3v) is 5.16. The van der Waals surface area contributed by atoms with Gasteiger partial charge in [0.25, 0.3) is 0 Å². The third kappa shape index (κ3) is 2.66. The molecule has 3 heterocycles. The topological polar surface area (TPSA) is 80.9 Å². The zero-order valence-corrected chi connectivity index (χ0v) is 14.6. The lowest BCUT2D eigenvalue weighted by Crippen LogP contribution is -2.46. The van der Waals surface area contributed by atoms with E-state index in [0.29, 0.717) is 5.92 Å². The number of anilines is 2. The molecule has 126 valence electrons. The number of hydrogen-bond donors (Lipinski definition) is 2. The van der Waals surface area contributed by atoms with Gasteiger partial charge < -0.3 is 19.8 Å². The van der Waals surface area contributed by atoms with Crippen molar-refractivity contribution in [2.24, 2.45) is 0 Å². The molecule has 1 saturated heterocycles. The summed E-state index contributed by atoms with van der Waals surface area (Å²) in [6.07, 6.45) is 0. The molecule has 3 aromatic rings. The van der Waals surface area contributed by atoms with Crippen LogP contribution in [-0.4, -0.2) is 45.5 Å². The molecule has 0 saturated carbocycles. The molecule has 0 radical (unpaired) electrons. The van der Waals surface area contributed by atoms with E-state index in [1.54, 1.807) is 0 Å². The maximum absolute atomic E-state index is 11.6. The second-order valence-electron chi connectivity index (χ2n) is 6.34. The van der Waals surface area contributed by atoms with E-state index in [9.17, 15) is 4.79 Å². The fourth-order valence-electron chi connectivity index (χ4n) is 3.03. The van der Waals surface area contributed by atoms with Gasteiger partial charge in [-0.3, -0.25) is 0 Å². The fraction of sp³-hybridized carbons (Fsp3) is 0.438. The predicted molar refractivity (Wildman–Crippen MR) is 97.3 cm³/mol. The number of piperazine rings is 1. The number of para-hydroxylation sites is 1. The molecule has 0 bridgehead atoms. The third-order valence-electron chi connectivity index (χ3n) is 4.37. The fourth-order valence-corrected chi connectivity index (χ4v) is 3.89. The van der Waals surface area contributed by atoms with Crippen LogP contribution >= 0.6 is 11.5 Å². The minimum absolute atomic E-state index is 0.161. The van der Waals surface area contributed by atoms with Crippen molar-refractivity contribution in [3.05, 3.63) is 34.5 Å². The Balaban J connectivity index is 1.52. The molecule has 7 nitrogen and oxygen atoms in total. The normalized spacial score (nSPS) is 15.6. The first-order chi connectivity index (χ1) is 11.6. The number of benzene rings is 1. The first-order valence-corrected chi connectivity index (χ1v) is 8.93. The molecule has 0 atom stereocenters. The van der Waals surface area contributed by atoms with Gasteiger partial charge in [-0.15, -0.1) is 0 Å². The zero-order chi connectivity index (χ0) is 16.7. The van der Waals surface area contributed by atoms with Gasteiger partial charge in [-0.05, 0) is 12.1 Å². The van der Waals surface area contributed by atoms with E-state index in [0.717, 1.165) is 53.9 Å². The summed E-state index contributed by atoms with van der Waals surface area (Å²) in [6.45, 7) is 7.81. The number of aromatic nitrogens is 4. The number of rotatable bonds is 3. The van der Waals surface area contributed by atoms with Crippen molar-refractivity contribution >= 4 is 33.4 Å². The van der Waals surface area contributed by atoms with E-state index < -0.39 is 0 Å². The summed E-state index contributed by atoms with van der Waals surface area (Å²) in [5.74, 6) is 1.28. The van der Waals surface area contributed by atoms with E-state index in [1.165, 1.54) is 11.5 Å². The van der Waals surface area contributed by atoms with Gasteiger partial charge in [0.2, 0.25) is 5.13 Å². The number of imidazole rings is 1. The Morgan fingerprint density at radius 2 is 1.88 bits per heavy atom. The summed E-state index contributed by atoms with van der Waals surface area (Å²) in [4.78, 5) is 26.5. The van der Waals surface area contributed by atoms with Gasteiger partial charge in [0, 0.05) is 43.6 Å². The average molecular weight is 344 g/mol. The Morgan fingerprint density at radius 1 is 1.12 bits per heavy atom. The van der Waals surface area contributed by atoms with Crippen LogP contribution < -0.4 is 15.5 Å². The molecule has 1 aromatic carbocycles. The van der Waals surface area contributed by atoms with Crippen LogP contribution in [-0.2, 0) is 0 Å². The Labute approximate surface area is 143 Å². The van der Waals surface area contributed by atoms with Crippen LogP contribution in [0.3, 0.4) is 0 Å². The summed E-state index contributed by atoms with van der Waals surface area (Å²) >= 11 is 1.48. The Morgan fingerprint density at radius 3 is 2.58 bits per heavy atom. The monoisotopic (exact) mass is 344 g/mol. The average Bonchev–Trinajstić information content (AvgIpc) is 3.20. The molecular weight excluding hydrogens is 324 g/mol. The molecule has 1 fully saturated rings. The second kappa shape index (κ2) is 5.94. The van der Waals surface area contributed by atoms with Gasteiger partial charge in [-0.1, -0.05) is 19.9 Å². The molecule has 0 amide bonds. The minimum Gasteiger partial charge on any atom is -0.366 e. The molecule has 24 heavy (non-hydrogen) atoms. The van der Waals surface area contributed by atoms with E-state index >= 15 is 0 Å². The lowest BCUT2D eigenvalue weighted by molar-refractivity contribution is 0.651. The number of nitrogens with one attached hydrogen (secondary N) is 2. The second-order valence-corrected chi connectivity index (χ2v) is 7.07. The summed E-state index contributed by atoms with van der Waals surface area (Å²) in [5.41, 5.74) is 2.65. The van der Waals surface area contributed by atoms with E-state index in [-0.39, 0.29) is 5.69 Å². The summed E-state index contributed by atoms with van der Waals surface area (Å²) < 4.78 is 4.44. The number of hydrogen-bond acceptors (Lipinski definition) is 6. The number of nitrogens with zero attached hydrogens (tertiary/aromatic N) is 4. The van der Waals surface area contributed by atoms with Crippen molar-refractivity contribution in [1.29, 1.82) is 0 Å². The van der Waals surface area contributed by atoms with Crippen molar-refractivity contribution in [3.8, 4) is 0 Å². The Hall–Kier alpha value is -2.35. The maximum atomic E-state index is 11.6. The number of aromatic amines is 2. The smallest absolute Gasteiger partial charge is 0.323 e. The van der Waals surface area contributed by atoms with Crippen LogP contribution in [0, 0.1) is 0 Å². The molecule has 2 aromatic heterocycles. The summed E-state index contributed by atoms with van der Waals surface area (Å²) in [6, 6.07) is 5.96. The molecule has 0 unspecified atom stereocenters. The number of fused-ring (bicyclic) bond motifs is 1. The highest BCUT2D eigenvalue weighted by Gasteiger charge is 2.22. The van der Waals surface area contributed by atoms with Crippen molar-refractivity contribution in [1.82, 2.24) is 19.3 Å². The van der Waals surface area contributed by atoms with Gasteiger partial charge in [0.15, 0.2) is 0 Å². The molecule has 0 aliphatic carbocycles. The lowest BCUT2D eigenvalue weighted by Gasteiger charge is -2.35. The number of H-pyrrole nitrogens is 2. The van der Waals surface area contributed by atoms with E-state index in [1.807, 2.05) is 12.1 Å². The predicted octanol–water partition coefficient (Wildman–Crippen LogP) is 2.16. The highest BCUT2D eigenvalue weighted by Crippen LogP contribution is 2.27. The summed E-state index contributed by atoms with van der Waals surface area (Å²) in [5, 5.41) is 1.01. The van der Waals surface area contributed by atoms with Crippen LogP contribution in [0.4, 0.5) is 10.8 Å². The zero-order valence-electron chi connectivity index (χ0n) is 13.7. The van der Waals surface area contributed by atoms with Crippen LogP contribution in [0.2, 0.25) is 0 Å². The van der Waals surface area contributed by atoms with Crippen molar-refractivity contribution in [2.45, 2.75) is 19.8 Å². The van der Waals surface area contributed by atoms with Crippen LogP contribution in [0.25, 0.3) is 11.0 Å². The van der Waals surface area contributed by atoms with Gasteiger partial charge in [0.05, 0.1) is 16.7 Å². The van der Waals surface area contributed by atoms with Gasteiger partial charge in [-0.2, -0.15) is 4.37 Å². The minimum atomic E-state index is -0.161.